The van der Waals surface area contributed by atoms with E-state index >= 15 is 0 Å². The number of hydrogen-bond acceptors (Lipinski definition) is 3. The van der Waals surface area contributed by atoms with Crippen LogP contribution in [-0.2, 0) is 10.9 Å². The van der Waals surface area contributed by atoms with Gasteiger partial charge in [-0.25, -0.2) is 9.78 Å². The number of carbonyl (C=O) groups is 1. The van der Waals surface area contributed by atoms with Gasteiger partial charge in [0.2, 0.25) is 5.82 Å². The summed E-state index contributed by atoms with van der Waals surface area (Å²) in [6.45, 7) is 0. The minimum Gasteiger partial charge on any atom is -0.463 e. The first-order valence-corrected chi connectivity index (χ1v) is 4.57. The van der Waals surface area contributed by atoms with Crippen molar-refractivity contribution in [3.05, 3.63) is 29.6 Å². The molecule has 0 radical (unpaired) electrons. The molecular formula is C10H7F3N2O2. The van der Waals surface area contributed by atoms with Gasteiger partial charge in [-0.1, -0.05) is 0 Å². The van der Waals surface area contributed by atoms with Crippen LogP contribution in [0.5, 0.6) is 0 Å². The number of methoxy groups -OCH3 is 1. The number of carbonyl (C=O) groups excluding carboxylic acids is 1. The molecule has 7 heteroatoms. The fraction of sp³-hybridized carbons (Fsp3) is 0.200. The average molecular weight is 244 g/mol. The molecule has 90 valence electrons. The number of rotatable bonds is 1. The fourth-order valence-corrected chi connectivity index (χ4v) is 1.38. The number of alkyl halides is 3. The first kappa shape index (κ1) is 11.4. The van der Waals surface area contributed by atoms with Crippen LogP contribution in [0.4, 0.5) is 13.2 Å². The molecule has 1 aromatic heterocycles. The zero-order chi connectivity index (χ0) is 12.6. The maximum absolute atomic E-state index is 12.4. The Kier molecular flexibility index (Phi) is 2.53. The number of imidazole rings is 1. The van der Waals surface area contributed by atoms with Gasteiger partial charge in [0.05, 0.1) is 23.7 Å². The summed E-state index contributed by atoms with van der Waals surface area (Å²) in [5.41, 5.74) is -0.385. The second kappa shape index (κ2) is 3.76. The summed E-state index contributed by atoms with van der Waals surface area (Å²) in [6.07, 6.45) is -4.43. The van der Waals surface area contributed by atoms with E-state index in [4.69, 9.17) is 0 Å². The normalized spacial score (nSPS) is 11.8. The smallest absolute Gasteiger partial charge is 0.416 e. The number of H-pyrrole nitrogens is 1. The van der Waals surface area contributed by atoms with E-state index in [2.05, 4.69) is 14.7 Å². The van der Waals surface area contributed by atoms with Crippen LogP contribution in [-0.4, -0.2) is 23.0 Å². The highest BCUT2D eigenvalue weighted by Crippen LogP contribution is 2.30. The maximum Gasteiger partial charge on any atom is 0.416 e. The highest BCUT2D eigenvalue weighted by Gasteiger charge is 2.30. The van der Waals surface area contributed by atoms with Gasteiger partial charge >= 0.3 is 12.1 Å². The average Bonchev–Trinajstić information content (AvgIpc) is 2.69. The molecule has 0 bridgehead atoms. The Labute approximate surface area is 93.4 Å². The lowest BCUT2D eigenvalue weighted by molar-refractivity contribution is -0.137. The topological polar surface area (TPSA) is 55.0 Å². The number of esters is 1. The predicted octanol–water partition coefficient (Wildman–Crippen LogP) is 2.37. The molecule has 0 unspecified atom stereocenters. The van der Waals surface area contributed by atoms with Crippen molar-refractivity contribution in [2.24, 2.45) is 0 Å². The van der Waals surface area contributed by atoms with Crippen LogP contribution < -0.4 is 0 Å². The summed E-state index contributed by atoms with van der Waals surface area (Å²) in [4.78, 5) is 17.4. The van der Waals surface area contributed by atoms with Crippen LogP contribution >= 0.6 is 0 Å². The lowest BCUT2D eigenvalue weighted by Crippen LogP contribution is -2.04. The van der Waals surface area contributed by atoms with Crippen LogP contribution in [0, 0.1) is 0 Å². The summed E-state index contributed by atoms with van der Waals surface area (Å²) >= 11 is 0. The summed E-state index contributed by atoms with van der Waals surface area (Å²) < 4.78 is 41.7. The number of hydrogen-bond donors (Lipinski definition) is 1. The van der Waals surface area contributed by atoms with Crippen LogP contribution in [0.15, 0.2) is 18.2 Å². The number of aromatic nitrogens is 2. The Morgan fingerprint density at radius 2 is 2.12 bits per heavy atom. The van der Waals surface area contributed by atoms with Gasteiger partial charge in [0.1, 0.15) is 0 Å². The van der Waals surface area contributed by atoms with Gasteiger partial charge in [-0.15, -0.1) is 0 Å². The van der Waals surface area contributed by atoms with Crippen molar-refractivity contribution in [3.8, 4) is 0 Å². The molecule has 1 N–H and O–H groups in total. The maximum atomic E-state index is 12.4. The number of fused-ring (bicyclic) bond motifs is 1. The fourth-order valence-electron chi connectivity index (χ4n) is 1.38. The van der Waals surface area contributed by atoms with Gasteiger partial charge in [0.15, 0.2) is 0 Å². The van der Waals surface area contributed by atoms with Crippen LogP contribution in [0.2, 0.25) is 0 Å². The zero-order valence-corrected chi connectivity index (χ0v) is 8.63. The SMILES string of the molecule is COC(=O)c1nc2ccc(C(F)(F)F)cc2[nH]1. The molecule has 0 fully saturated rings. The number of ether oxygens (including phenoxy) is 1. The van der Waals surface area contributed by atoms with Crippen molar-refractivity contribution >= 4 is 17.0 Å². The van der Waals surface area contributed by atoms with Crippen molar-refractivity contribution in [1.29, 1.82) is 0 Å². The number of nitrogens with one attached hydrogen (secondary N) is 1. The lowest BCUT2D eigenvalue weighted by atomic mass is 10.2. The van der Waals surface area contributed by atoms with E-state index in [0.29, 0.717) is 0 Å². The van der Waals surface area contributed by atoms with E-state index in [-0.39, 0.29) is 16.9 Å². The molecule has 0 aliphatic rings. The van der Waals surface area contributed by atoms with Gasteiger partial charge in [0.25, 0.3) is 0 Å². The Morgan fingerprint density at radius 3 is 2.71 bits per heavy atom. The van der Waals surface area contributed by atoms with Crippen molar-refractivity contribution in [1.82, 2.24) is 9.97 Å². The van der Waals surface area contributed by atoms with Crippen molar-refractivity contribution in [2.75, 3.05) is 7.11 Å². The minimum atomic E-state index is -4.43. The Morgan fingerprint density at radius 1 is 1.41 bits per heavy atom. The van der Waals surface area contributed by atoms with Gasteiger partial charge in [-0.2, -0.15) is 13.2 Å². The molecule has 17 heavy (non-hydrogen) atoms. The van der Waals surface area contributed by atoms with Crippen LogP contribution in [0.1, 0.15) is 16.2 Å². The first-order valence-electron chi connectivity index (χ1n) is 4.57. The number of nitrogens with zero attached hydrogens (tertiary/aromatic N) is 1. The summed E-state index contributed by atoms with van der Waals surface area (Å²) in [5, 5.41) is 0. The van der Waals surface area contributed by atoms with Crippen LogP contribution in [0.25, 0.3) is 11.0 Å². The van der Waals surface area contributed by atoms with Gasteiger partial charge in [0, 0.05) is 0 Å². The van der Waals surface area contributed by atoms with E-state index in [0.717, 1.165) is 19.2 Å². The first-order chi connectivity index (χ1) is 7.91. The van der Waals surface area contributed by atoms with Crippen molar-refractivity contribution in [3.63, 3.8) is 0 Å². The van der Waals surface area contributed by atoms with Crippen molar-refractivity contribution < 1.29 is 22.7 Å². The molecule has 0 amide bonds. The molecule has 1 aromatic carbocycles. The Hall–Kier alpha value is -2.05. The molecule has 0 atom stereocenters. The van der Waals surface area contributed by atoms with Gasteiger partial charge in [-0.05, 0) is 18.2 Å². The van der Waals surface area contributed by atoms with Crippen LogP contribution in [0.3, 0.4) is 0 Å². The van der Waals surface area contributed by atoms with Crippen molar-refractivity contribution in [2.45, 2.75) is 6.18 Å². The van der Waals surface area contributed by atoms with E-state index in [9.17, 15) is 18.0 Å². The second-order valence-corrected chi connectivity index (χ2v) is 3.31. The highest BCUT2D eigenvalue weighted by molar-refractivity contribution is 5.90. The predicted molar refractivity (Wildman–Crippen MR) is 52.4 cm³/mol. The molecule has 0 aliphatic carbocycles. The molecule has 2 aromatic rings. The monoisotopic (exact) mass is 244 g/mol. The quantitative estimate of drug-likeness (QED) is 0.783. The van der Waals surface area contributed by atoms with E-state index < -0.39 is 17.7 Å². The molecular weight excluding hydrogens is 237 g/mol. The summed E-state index contributed by atoms with van der Waals surface area (Å²) in [7, 11) is 1.16. The molecule has 0 aliphatic heterocycles. The van der Waals surface area contributed by atoms with E-state index in [1.54, 1.807) is 0 Å². The highest BCUT2D eigenvalue weighted by atomic mass is 19.4. The molecule has 0 spiro atoms. The Bertz CT molecular complexity index is 574. The lowest BCUT2D eigenvalue weighted by Gasteiger charge is -2.04. The number of halogens is 3. The second-order valence-electron chi connectivity index (χ2n) is 3.31. The number of aromatic amines is 1. The molecule has 0 saturated heterocycles. The third kappa shape index (κ3) is 2.08. The molecule has 0 saturated carbocycles. The molecule has 2 rings (SSSR count). The standard InChI is InChI=1S/C10H7F3N2O2/c1-17-9(16)8-14-6-3-2-5(10(11,12)13)4-7(6)15-8/h2-4H,1H3,(H,14,15). The van der Waals surface area contributed by atoms with E-state index in [1.807, 2.05) is 0 Å². The largest absolute Gasteiger partial charge is 0.463 e. The molecule has 1 heterocycles. The third-order valence-corrected chi connectivity index (χ3v) is 2.19. The minimum absolute atomic E-state index is 0.123. The van der Waals surface area contributed by atoms with E-state index in [1.165, 1.54) is 6.07 Å². The Balaban J connectivity index is 2.52. The summed E-state index contributed by atoms with van der Waals surface area (Å²) in [6, 6.07) is 3.00. The number of benzene rings is 1. The zero-order valence-electron chi connectivity index (χ0n) is 8.63. The van der Waals surface area contributed by atoms with Gasteiger partial charge in [-0.3, -0.25) is 0 Å². The molecule has 4 nitrogen and oxygen atoms in total. The summed E-state index contributed by atoms with van der Waals surface area (Å²) in [5.74, 6) is -0.850. The van der Waals surface area contributed by atoms with Gasteiger partial charge < -0.3 is 9.72 Å². The third-order valence-electron chi connectivity index (χ3n) is 2.19.